The standard InChI is InChI=1S/C19H21N3O3S/c1-25-17-9-10-18(16-7-3-2-6-15(16)17)26(23,24)20-12-14-13-22-11-5-4-8-19(22)21-14/h2-3,6-7,9-10,13,20H,4-5,8,11-12H2,1H3. The first-order valence-electron chi connectivity index (χ1n) is 8.69. The number of hydrogen-bond acceptors (Lipinski definition) is 4. The van der Waals surface area contributed by atoms with Gasteiger partial charge in [-0.1, -0.05) is 24.3 Å². The molecule has 0 aliphatic carbocycles. The average Bonchev–Trinajstić information content (AvgIpc) is 3.08. The molecule has 0 unspecified atom stereocenters. The van der Waals surface area contributed by atoms with Crippen LogP contribution in [0, 0.1) is 0 Å². The maximum absolute atomic E-state index is 12.9. The lowest BCUT2D eigenvalue weighted by Crippen LogP contribution is -2.23. The van der Waals surface area contributed by atoms with Crippen LogP contribution in [-0.2, 0) is 29.5 Å². The van der Waals surface area contributed by atoms with Gasteiger partial charge in [-0.3, -0.25) is 0 Å². The summed E-state index contributed by atoms with van der Waals surface area (Å²) in [5, 5.41) is 1.42. The molecule has 136 valence electrons. The molecule has 26 heavy (non-hydrogen) atoms. The maximum atomic E-state index is 12.9. The Morgan fingerprint density at radius 2 is 1.96 bits per heavy atom. The molecule has 1 aliphatic rings. The number of ether oxygens (including phenoxy) is 1. The molecular weight excluding hydrogens is 350 g/mol. The summed E-state index contributed by atoms with van der Waals surface area (Å²) >= 11 is 0. The van der Waals surface area contributed by atoms with Gasteiger partial charge < -0.3 is 9.30 Å². The summed E-state index contributed by atoms with van der Waals surface area (Å²) in [5.41, 5.74) is 0.753. The quantitative estimate of drug-likeness (QED) is 0.748. The van der Waals surface area contributed by atoms with Crippen molar-refractivity contribution in [1.29, 1.82) is 0 Å². The number of sulfonamides is 1. The van der Waals surface area contributed by atoms with Crippen LogP contribution in [0.1, 0.15) is 24.4 Å². The van der Waals surface area contributed by atoms with Crippen molar-refractivity contribution in [3.05, 3.63) is 54.1 Å². The molecule has 1 N–H and O–H groups in total. The van der Waals surface area contributed by atoms with E-state index in [1.165, 1.54) is 0 Å². The first-order valence-corrected chi connectivity index (χ1v) is 10.2. The number of benzene rings is 2. The van der Waals surface area contributed by atoms with Crippen molar-refractivity contribution in [2.75, 3.05) is 7.11 Å². The number of fused-ring (bicyclic) bond motifs is 2. The van der Waals surface area contributed by atoms with Crippen molar-refractivity contribution >= 4 is 20.8 Å². The Hall–Kier alpha value is -2.38. The fourth-order valence-electron chi connectivity index (χ4n) is 3.46. The summed E-state index contributed by atoms with van der Waals surface area (Å²) in [7, 11) is -2.09. The molecule has 0 radical (unpaired) electrons. The average molecular weight is 371 g/mol. The van der Waals surface area contributed by atoms with E-state index in [-0.39, 0.29) is 11.4 Å². The number of aromatic nitrogens is 2. The number of nitrogens with zero attached hydrogens (tertiary/aromatic N) is 2. The normalized spacial score (nSPS) is 14.3. The second-order valence-electron chi connectivity index (χ2n) is 6.44. The van der Waals surface area contributed by atoms with E-state index in [1.807, 2.05) is 24.4 Å². The summed E-state index contributed by atoms with van der Waals surface area (Å²) < 4.78 is 35.9. The molecule has 6 nitrogen and oxygen atoms in total. The number of imidazole rings is 1. The van der Waals surface area contributed by atoms with Gasteiger partial charge in [-0.25, -0.2) is 18.1 Å². The van der Waals surface area contributed by atoms with E-state index in [4.69, 9.17) is 4.74 Å². The monoisotopic (exact) mass is 371 g/mol. The molecule has 0 atom stereocenters. The Kier molecular flexibility index (Phi) is 4.42. The molecule has 1 aliphatic heterocycles. The zero-order valence-corrected chi connectivity index (χ0v) is 15.4. The highest BCUT2D eigenvalue weighted by Gasteiger charge is 2.20. The molecule has 7 heteroatoms. The molecule has 0 spiro atoms. The molecule has 1 aromatic heterocycles. The minimum Gasteiger partial charge on any atom is -0.496 e. The predicted molar refractivity (Wildman–Crippen MR) is 99.7 cm³/mol. The Bertz CT molecular complexity index is 1030. The molecule has 0 amide bonds. The Labute approximate surface area is 152 Å². The summed E-state index contributed by atoms with van der Waals surface area (Å²) in [4.78, 5) is 4.80. The van der Waals surface area contributed by atoms with E-state index >= 15 is 0 Å². The van der Waals surface area contributed by atoms with Crippen molar-refractivity contribution < 1.29 is 13.2 Å². The zero-order valence-electron chi connectivity index (χ0n) is 14.6. The number of methoxy groups -OCH3 is 1. The fraction of sp³-hybridized carbons (Fsp3) is 0.316. The van der Waals surface area contributed by atoms with Crippen LogP contribution >= 0.6 is 0 Å². The summed E-state index contributed by atoms with van der Waals surface area (Å²) in [6, 6.07) is 10.6. The van der Waals surface area contributed by atoms with E-state index in [2.05, 4.69) is 14.3 Å². The van der Waals surface area contributed by atoms with Crippen molar-refractivity contribution in [2.24, 2.45) is 0 Å². The third-order valence-electron chi connectivity index (χ3n) is 4.76. The summed E-state index contributed by atoms with van der Waals surface area (Å²) in [6.45, 7) is 1.14. The van der Waals surface area contributed by atoms with Gasteiger partial charge in [-0.15, -0.1) is 0 Å². The molecule has 0 saturated heterocycles. The highest BCUT2D eigenvalue weighted by atomic mass is 32.2. The lowest BCUT2D eigenvalue weighted by Gasteiger charge is -2.12. The number of nitrogens with one attached hydrogen (secondary N) is 1. The van der Waals surface area contributed by atoms with Gasteiger partial charge in [-0.2, -0.15) is 0 Å². The predicted octanol–water partition coefficient (Wildman–Crippen LogP) is 2.86. The number of rotatable bonds is 5. The van der Waals surface area contributed by atoms with Crippen LogP contribution in [0.25, 0.3) is 10.8 Å². The third kappa shape index (κ3) is 3.08. The highest BCUT2D eigenvalue weighted by Crippen LogP contribution is 2.30. The number of hydrogen-bond donors (Lipinski definition) is 1. The van der Waals surface area contributed by atoms with Crippen LogP contribution in [-0.4, -0.2) is 25.1 Å². The van der Waals surface area contributed by atoms with Crippen molar-refractivity contribution in [3.8, 4) is 5.75 Å². The minimum absolute atomic E-state index is 0.183. The van der Waals surface area contributed by atoms with Gasteiger partial charge in [0.05, 0.1) is 24.2 Å². The third-order valence-corrected chi connectivity index (χ3v) is 6.21. The van der Waals surface area contributed by atoms with Crippen LogP contribution < -0.4 is 9.46 Å². The maximum Gasteiger partial charge on any atom is 0.241 e. The number of aryl methyl sites for hydroxylation is 2. The Morgan fingerprint density at radius 3 is 2.73 bits per heavy atom. The first-order chi connectivity index (χ1) is 12.6. The fourth-order valence-corrected chi connectivity index (χ4v) is 4.67. The molecule has 0 fully saturated rings. The largest absolute Gasteiger partial charge is 0.496 e. The van der Waals surface area contributed by atoms with E-state index in [0.29, 0.717) is 11.1 Å². The molecule has 0 saturated carbocycles. The van der Waals surface area contributed by atoms with Gasteiger partial charge in [0.2, 0.25) is 10.0 Å². The van der Waals surface area contributed by atoms with Crippen LogP contribution in [0.5, 0.6) is 5.75 Å². The van der Waals surface area contributed by atoms with Gasteiger partial charge in [0.25, 0.3) is 0 Å². The van der Waals surface area contributed by atoms with E-state index in [1.54, 1.807) is 25.3 Å². The lowest BCUT2D eigenvalue weighted by atomic mass is 10.1. The van der Waals surface area contributed by atoms with Crippen LogP contribution in [0.2, 0.25) is 0 Å². The van der Waals surface area contributed by atoms with Gasteiger partial charge in [0.15, 0.2) is 0 Å². The van der Waals surface area contributed by atoms with E-state index in [9.17, 15) is 8.42 Å². The first kappa shape index (κ1) is 17.1. The van der Waals surface area contributed by atoms with Gasteiger partial charge in [0.1, 0.15) is 11.6 Å². The van der Waals surface area contributed by atoms with Crippen molar-refractivity contribution in [3.63, 3.8) is 0 Å². The highest BCUT2D eigenvalue weighted by molar-refractivity contribution is 7.89. The molecule has 2 heterocycles. The molecule has 3 aromatic rings. The van der Waals surface area contributed by atoms with Gasteiger partial charge >= 0.3 is 0 Å². The van der Waals surface area contributed by atoms with E-state index in [0.717, 1.165) is 42.7 Å². The Balaban J connectivity index is 1.63. The second-order valence-corrected chi connectivity index (χ2v) is 8.17. The second kappa shape index (κ2) is 6.74. The lowest BCUT2D eigenvalue weighted by molar-refractivity contribution is 0.419. The summed E-state index contributed by atoms with van der Waals surface area (Å²) in [6.07, 6.45) is 5.19. The Morgan fingerprint density at radius 1 is 1.15 bits per heavy atom. The smallest absolute Gasteiger partial charge is 0.241 e. The molecule has 0 bridgehead atoms. The SMILES string of the molecule is COc1ccc(S(=O)(=O)NCc2cn3c(n2)CCCC3)c2ccccc12. The van der Waals surface area contributed by atoms with Crippen molar-refractivity contribution in [2.45, 2.75) is 37.2 Å². The van der Waals surface area contributed by atoms with Gasteiger partial charge in [0, 0.05) is 29.9 Å². The van der Waals surface area contributed by atoms with Gasteiger partial charge in [-0.05, 0) is 25.0 Å². The molecule has 4 rings (SSSR count). The topological polar surface area (TPSA) is 73.2 Å². The zero-order chi connectivity index (χ0) is 18.1. The van der Waals surface area contributed by atoms with Crippen LogP contribution in [0.3, 0.4) is 0 Å². The molecule has 2 aromatic carbocycles. The summed E-state index contributed by atoms with van der Waals surface area (Å²) in [5.74, 6) is 1.70. The van der Waals surface area contributed by atoms with Crippen molar-refractivity contribution in [1.82, 2.24) is 14.3 Å². The van der Waals surface area contributed by atoms with Crippen LogP contribution in [0.4, 0.5) is 0 Å². The molecular formula is C19H21N3O3S. The minimum atomic E-state index is -3.67. The van der Waals surface area contributed by atoms with E-state index < -0.39 is 10.0 Å². The van der Waals surface area contributed by atoms with Crippen LogP contribution in [0.15, 0.2) is 47.5 Å².